The van der Waals surface area contributed by atoms with Gasteiger partial charge in [0.25, 0.3) is 10.0 Å². The van der Waals surface area contributed by atoms with Gasteiger partial charge in [-0.1, -0.05) is 42.5 Å². The van der Waals surface area contributed by atoms with Gasteiger partial charge in [0.2, 0.25) is 0 Å². The number of anilines is 1. The van der Waals surface area contributed by atoms with Gasteiger partial charge in [0.1, 0.15) is 0 Å². The molecule has 24 heavy (non-hydrogen) atoms. The van der Waals surface area contributed by atoms with E-state index in [1.165, 1.54) is 5.56 Å². The molecule has 0 aliphatic heterocycles. The van der Waals surface area contributed by atoms with Crippen molar-refractivity contribution in [3.8, 4) is 0 Å². The molecule has 0 unspecified atom stereocenters. The number of hydrogen-bond acceptors (Lipinski definition) is 2. The smallest absolute Gasteiger partial charge is 0.261 e. The Morgan fingerprint density at radius 1 is 0.792 bits per heavy atom. The molecule has 0 radical (unpaired) electrons. The average Bonchev–Trinajstić information content (AvgIpc) is 2.56. The van der Waals surface area contributed by atoms with Crippen LogP contribution in [0.1, 0.15) is 11.1 Å². The van der Waals surface area contributed by atoms with Crippen molar-refractivity contribution in [2.45, 2.75) is 11.3 Å². The minimum Gasteiger partial charge on any atom is -0.280 e. The Hall–Kier alpha value is -1.86. The molecule has 3 nitrogen and oxygen atoms in total. The Bertz CT molecular complexity index is 923. The highest BCUT2D eigenvalue weighted by Gasteiger charge is 2.14. The normalized spacial score (nSPS) is 11.2. The lowest BCUT2D eigenvalue weighted by atomic mass is 10.0. The highest BCUT2D eigenvalue weighted by atomic mass is 127. The van der Waals surface area contributed by atoms with Crippen molar-refractivity contribution in [1.29, 1.82) is 0 Å². The molecule has 0 heterocycles. The predicted molar refractivity (Wildman–Crippen MR) is 106 cm³/mol. The lowest BCUT2D eigenvalue weighted by Crippen LogP contribution is -2.13. The summed E-state index contributed by atoms with van der Waals surface area (Å²) < 4.78 is 28.6. The molecule has 3 aromatic rings. The van der Waals surface area contributed by atoms with Crippen LogP contribution in [-0.2, 0) is 16.4 Å². The van der Waals surface area contributed by atoms with Crippen LogP contribution in [0.3, 0.4) is 0 Å². The monoisotopic (exact) mass is 449 g/mol. The van der Waals surface area contributed by atoms with E-state index in [-0.39, 0.29) is 4.90 Å². The molecular weight excluding hydrogens is 433 g/mol. The summed E-state index contributed by atoms with van der Waals surface area (Å²) >= 11 is 2.15. The largest absolute Gasteiger partial charge is 0.280 e. The van der Waals surface area contributed by atoms with Gasteiger partial charge in [0, 0.05) is 9.26 Å². The minimum atomic E-state index is -3.57. The van der Waals surface area contributed by atoms with E-state index >= 15 is 0 Å². The third-order valence-corrected chi connectivity index (χ3v) is 5.67. The third kappa shape index (κ3) is 4.36. The number of hydrogen-bond donors (Lipinski definition) is 1. The minimum absolute atomic E-state index is 0.261. The molecule has 0 bridgehead atoms. The van der Waals surface area contributed by atoms with Crippen molar-refractivity contribution in [2.75, 3.05) is 4.72 Å². The van der Waals surface area contributed by atoms with E-state index in [0.29, 0.717) is 5.69 Å². The Labute approximate surface area is 155 Å². The van der Waals surface area contributed by atoms with E-state index < -0.39 is 10.0 Å². The quantitative estimate of drug-likeness (QED) is 0.575. The lowest BCUT2D eigenvalue weighted by Gasteiger charge is -2.10. The molecule has 0 aromatic heterocycles. The molecule has 0 fully saturated rings. The van der Waals surface area contributed by atoms with Crippen LogP contribution in [0.25, 0.3) is 0 Å². The van der Waals surface area contributed by atoms with Crippen molar-refractivity contribution in [3.63, 3.8) is 0 Å². The maximum atomic E-state index is 12.5. The van der Waals surface area contributed by atoms with Crippen molar-refractivity contribution in [2.24, 2.45) is 0 Å². The third-order valence-electron chi connectivity index (χ3n) is 3.55. The van der Waals surface area contributed by atoms with Crippen molar-refractivity contribution in [3.05, 3.63) is 93.6 Å². The summed E-state index contributed by atoms with van der Waals surface area (Å²) in [6, 6.07) is 24.4. The van der Waals surface area contributed by atoms with Crippen LogP contribution in [0.2, 0.25) is 0 Å². The van der Waals surface area contributed by atoms with E-state index in [1.54, 1.807) is 30.3 Å². The summed E-state index contributed by atoms with van der Waals surface area (Å²) in [5.41, 5.74) is 2.82. The number of sulfonamides is 1. The van der Waals surface area contributed by atoms with Crippen LogP contribution >= 0.6 is 22.6 Å². The van der Waals surface area contributed by atoms with E-state index in [2.05, 4.69) is 39.4 Å². The first-order valence-corrected chi connectivity index (χ1v) is 10.0. The molecule has 3 aromatic carbocycles. The number of rotatable bonds is 5. The van der Waals surface area contributed by atoms with Crippen molar-refractivity contribution < 1.29 is 8.42 Å². The van der Waals surface area contributed by atoms with Gasteiger partial charge in [-0.25, -0.2) is 8.42 Å². The number of halogens is 1. The van der Waals surface area contributed by atoms with E-state index in [0.717, 1.165) is 15.6 Å². The number of benzene rings is 3. The Morgan fingerprint density at radius 2 is 1.46 bits per heavy atom. The number of nitrogens with one attached hydrogen (secondary N) is 1. The van der Waals surface area contributed by atoms with E-state index in [1.807, 2.05) is 36.4 Å². The van der Waals surface area contributed by atoms with Gasteiger partial charge in [0.05, 0.1) is 4.90 Å². The lowest BCUT2D eigenvalue weighted by molar-refractivity contribution is 0.601. The van der Waals surface area contributed by atoms with Gasteiger partial charge < -0.3 is 0 Å². The van der Waals surface area contributed by atoms with Gasteiger partial charge in [0.15, 0.2) is 0 Å². The summed E-state index contributed by atoms with van der Waals surface area (Å²) in [5.74, 6) is 0. The molecular formula is C19H16INO2S. The fourth-order valence-electron chi connectivity index (χ4n) is 2.40. The molecule has 5 heteroatoms. The van der Waals surface area contributed by atoms with Crippen LogP contribution in [0.4, 0.5) is 5.69 Å². The van der Waals surface area contributed by atoms with Crippen LogP contribution in [0.5, 0.6) is 0 Å². The second-order valence-corrected chi connectivity index (χ2v) is 8.35. The second-order valence-electron chi connectivity index (χ2n) is 5.42. The molecule has 0 amide bonds. The SMILES string of the molecule is O=S(=O)(Nc1cccc(Cc2ccccc2)c1)c1ccc(I)cc1. The van der Waals surface area contributed by atoms with Gasteiger partial charge in [-0.2, -0.15) is 0 Å². The molecule has 0 aliphatic rings. The zero-order valence-electron chi connectivity index (χ0n) is 12.8. The highest BCUT2D eigenvalue weighted by molar-refractivity contribution is 14.1. The summed E-state index contributed by atoms with van der Waals surface area (Å²) in [6.07, 6.45) is 0.764. The summed E-state index contributed by atoms with van der Waals surface area (Å²) in [7, 11) is -3.57. The van der Waals surface area contributed by atoms with Crippen molar-refractivity contribution in [1.82, 2.24) is 0 Å². The van der Waals surface area contributed by atoms with Crippen LogP contribution in [0, 0.1) is 3.57 Å². The molecule has 0 spiro atoms. The standard InChI is InChI=1S/C19H16INO2S/c20-17-9-11-19(12-10-17)24(22,23)21-18-8-4-7-16(14-18)13-15-5-2-1-3-6-15/h1-12,14,21H,13H2. The molecule has 0 saturated heterocycles. The first kappa shape index (κ1) is 17.0. The van der Waals surface area contributed by atoms with Gasteiger partial charge >= 0.3 is 0 Å². The first-order chi connectivity index (χ1) is 11.5. The fraction of sp³-hybridized carbons (Fsp3) is 0.0526. The van der Waals surface area contributed by atoms with Gasteiger partial charge in [-0.3, -0.25) is 4.72 Å². The van der Waals surface area contributed by atoms with E-state index in [4.69, 9.17) is 0 Å². The topological polar surface area (TPSA) is 46.2 Å². The molecule has 3 rings (SSSR count). The zero-order chi connectivity index (χ0) is 17.0. The molecule has 0 aliphatic carbocycles. The summed E-state index contributed by atoms with van der Waals surface area (Å²) in [6.45, 7) is 0. The Morgan fingerprint density at radius 3 is 2.17 bits per heavy atom. The molecule has 0 saturated carbocycles. The van der Waals surface area contributed by atoms with E-state index in [9.17, 15) is 8.42 Å². The highest BCUT2D eigenvalue weighted by Crippen LogP contribution is 2.19. The second kappa shape index (κ2) is 7.36. The molecule has 0 atom stereocenters. The summed E-state index contributed by atoms with van der Waals surface area (Å²) in [4.78, 5) is 0.261. The van der Waals surface area contributed by atoms with Crippen LogP contribution in [0.15, 0.2) is 83.8 Å². The van der Waals surface area contributed by atoms with Gasteiger partial charge in [-0.15, -0.1) is 0 Å². The fourth-order valence-corrected chi connectivity index (χ4v) is 3.81. The zero-order valence-corrected chi connectivity index (χ0v) is 15.8. The predicted octanol–water partition coefficient (Wildman–Crippen LogP) is 4.68. The average molecular weight is 449 g/mol. The maximum Gasteiger partial charge on any atom is 0.261 e. The van der Waals surface area contributed by atoms with Crippen molar-refractivity contribution >= 4 is 38.3 Å². The molecule has 122 valence electrons. The Kier molecular flexibility index (Phi) is 5.20. The van der Waals surface area contributed by atoms with Gasteiger partial charge in [-0.05, 0) is 76.5 Å². The Balaban J connectivity index is 1.80. The summed E-state index contributed by atoms with van der Waals surface area (Å²) in [5, 5.41) is 0. The van der Waals surface area contributed by atoms with Crippen LogP contribution in [-0.4, -0.2) is 8.42 Å². The first-order valence-electron chi connectivity index (χ1n) is 7.44. The molecule has 1 N–H and O–H groups in total. The maximum absolute atomic E-state index is 12.5. The van der Waals surface area contributed by atoms with Crippen LogP contribution < -0.4 is 4.72 Å².